The predicted molar refractivity (Wildman–Crippen MR) is 86.4 cm³/mol. The normalized spacial score (nSPS) is 29.5. The van der Waals surface area contributed by atoms with Crippen molar-refractivity contribution >= 4 is 5.69 Å². The molecule has 1 N–H and O–H groups in total. The molecule has 110 valence electrons. The second kappa shape index (κ2) is 6.17. The number of benzene rings is 1. The van der Waals surface area contributed by atoms with Gasteiger partial charge in [0.2, 0.25) is 0 Å². The molecule has 1 saturated carbocycles. The van der Waals surface area contributed by atoms with Crippen molar-refractivity contribution in [3.63, 3.8) is 0 Å². The van der Waals surface area contributed by atoms with Gasteiger partial charge >= 0.3 is 0 Å². The highest BCUT2D eigenvalue weighted by atomic mass is 15.2. The van der Waals surface area contributed by atoms with Gasteiger partial charge in [0.15, 0.2) is 0 Å². The zero-order valence-corrected chi connectivity index (χ0v) is 12.9. The van der Waals surface area contributed by atoms with Crippen LogP contribution in [0.1, 0.15) is 51.5 Å². The SMILES string of the molecule is CCCNC1CCC(N2c3ccccc3CC2C)CC1. The molecule has 1 aliphatic carbocycles. The summed E-state index contributed by atoms with van der Waals surface area (Å²) in [5, 5.41) is 3.69. The highest BCUT2D eigenvalue weighted by Gasteiger charge is 2.33. The van der Waals surface area contributed by atoms with E-state index in [1.165, 1.54) is 50.8 Å². The van der Waals surface area contributed by atoms with E-state index in [1.54, 1.807) is 5.56 Å². The van der Waals surface area contributed by atoms with Gasteiger partial charge in [0.1, 0.15) is 0 Å². The Morgan fingerprint density at radius 1 is 1.15 bits per heavy atom. The zero-order chi connectivity index (χ0) is 13.9. The van der Waals surface area contributed by atoms with E-state index >= 15 is 0 Å². The first-order chi connectivity index (χ1) is 9.79. The van der Waals surface area contributed by atoms with Gasteiger partial charge in [-0.15, -0.1) is 0 Å². The van der Waals surface area contributed by atoms with Crippen LogP contribution in [0.15, 0.2) is 24.3 Å². The molecule has 0 saturated heterocycles. The van der Waals surface area contributed by atoms with Crippen molar-refractivity contribution in [3.8, 4) is 0 Å². The number of hydrogen-bond acceptors (Lipinski definition) is 2. The summed E-state index contributed by atoms with van der Waals surface area (Å²) in [7, 11) is 0. The molecule has 2 heteroatoms. The molecule has 20 heavy (non-hydrogen) atoms. The van der Waals surface area contributed by atoms with Gasteiger partial charge in [-0.25, -0.2) is 0 Å². The lowest BCUT2D eigenvalue weighted by Crippen LogP contribution is -2.45. The number of hydrogen-bond donors (Lipinski definition) is 1. The van der Waals surface area contributed by atoms with Crippen molar-refractivity contribution in [1.82, 2.24) is 5.32 Å². The maximum Gasteiger partial charge on any atom is 0.0404 e. The van der Waals surface area contributed by atoms with Crippen molar-refractivity contribution in [2.75, 3.05) is 11.4 Å². The van der Waals surface area contributed by atoms with Crippen molar-refractivity contribution in [1.29, 1.82) is 0 Å². The van der Waals surface area contributed by atoms with Crippen molar-refractivity contribution in [2.24, 2.45) is 0 Å². The van der Waals surface area contributed by atoms with E-state index in [9.17, 15) is 0 Å². The number of para-hydroxylation sites is 1. The topological polar surface area (TPSA) is 15.3 Å². The molecule has 1 aromatic rings. The van der Waals surface area contributed by atoms with Crippen molar-refractivity contribution in [3.05, 3.63) is 29.8 Å². The van der Waals surface area contributed by atoms with Gasteiger partial charge in [-0.2, -0.15) is 0 Å². The van der Waals surface area contributed by atoms with Crippen LogP contribution in [0.5, 0.6) is 0 Å². The van der Waals surface area contributed by atoms with Gasteiger partial charge in [0.05, 0.1) is 0 Å². The monoisotopic (exact) mass is 272 g/mol. The van der Waals surface area contributed by atoms with Crippen LogP contribution in [-0.4, -0.2) is 24.7 Å². The molecule has 0 aromatic heterocycles. The molecule has 2 nitrogen and oxygen atoms in total. The summed E-state index contributed by atoms with van der Waals surface area (Å²) in [6, 6.07) is 11.2. The first-order valence-corrected chi connectivity index (χ1v) is 8.39. The summed E-state index contributed by atoms with van der Waals surface area (Å²) in [4.78, 5) is 2.71. The van der Waals surface area contributed by atoms with Gasteiger partial charge in [0.25, 0.3) is 0 Å². The Hall–Kier alpha value is -1.02. The van der Waals surface area contributed by atoms with E-state index in [0.29, 0.717) is 6.04 Å². The Balaban J connectivity index is 1.63. The fourth-order valence-corrected chi connectivity index (χ4v) is 4.05. The Morgan fingerprint density at radius 3 is 2.65 bits per heavy atom. The minimum absolute atomic E-state index is 0.678. The quantitative estimate of drug-likeness (QED) is 0.898. The van der Waals surface area contributed by atoms with Crippen LogP contribution in [0.2, 0.25) is 0 Å². The molecule has 0 spiro atoms. The molecular formula is C18H28N2. The van der Waals surface area contributed by atoms with E-state index in [4.69, 9.17) is 0 Å². The summed E-state index contributed by atoms with van der Waals surface area (Å²) in [5.41, 5.74) is 3.05. The third-order valence-corrected chi connectivity index (χ3v) is 5.03. The average molecular weight is 272 g/mol. The van der Waals surface area contributed by atoms with Crippen LogP contribution < -0.4 is 10.2 Å². The van der Waals surface area contributed by atoms with Crippen LogP contribution in [-0.2, 0) is 6.42 Å². The molecule has 0 bridgehead atoms. The van der Waals surface area contributed by atoms with Crippen LogP contribution in [0.25, 0.3) is 0 Å². The lowest BCUT2D eigenvalue weighted by molar-refractivity contribution is 0.325. The largest absolute Gasteiger partial charge is 0.365 e. The molecule has 1 fully saturated rings. The van der Waals surface area contributed by atoms with Gasteiger partial charge in [0, 0.05) is 23.8 Å². The second-order valence-electron chi connectivity index (χ2n) is 6.55. The minimum atomic E-state index is 0.678. The van der Waals surface area contributed by atoms with E-state index in [-0.39, 0.29) is 0 Å². The molecule has 2 aliphatic rings. The molecular weight excluding hydrogens is 244 g/mol. The first kappa shape index (κ1) is 13.9. The number of fused-ring (bicyclic) bond motifs is 1. The maximum atomic E-state index is 3.69. The van der Waals surface area contributed by atoms with Gasteiger partial charge in [-0.1, -0.05) is 25.1 Å². The number of anilines is 1. The standard InChI is InChI=1S/C18H28N2/c1-3-12-19-16-8-10-17(11-9-16)20-14(2)13-15-6-4-5-7-18(15)20/h4-7,14,16-17,19H,3,8-13H2,1-2H3. The van der Waals surface area contributed by atoms with Crippen LogP contribution >= 0.6 is 0 Å². The van der Waals surface area contributed by atoms with Crippen molar-refractivity contribution < 1.29 is 0 Å². The molecule has 0 radical (unpaired) electrons. The average Bonchev–Trinajstić information content (AvgIpc) is 2.81. The van der Waals surface area contributed by atoms with Gasteiger partial charge < -0.3 is 10.2 Å². The summed E-state index contributed by atoms with van der Waals surface area (Å²) in [6.45, 7) is 5.82. The Bertz CT molecular complexity index is 435. The maximum absolute atomic E-state index is 3.69. The highest BCUT2D eigenvalue weighted by molar-refractivity contribution is 5.60. The molecule has 1 atom stereocenters. The minimum Gasteiger partial charge on any atom is -0.365 e. The molecule has 1 aromatic carbocycles. The van der Waals surface area contributed by atoms with Gasteiger partial charge in [-0.3, -0.25) is 0 Å². The molecule has 1 unspecified atom stereocenters. The lowest BCUT2D eigenvalue weighted by Gasteiger charge is -2.39. The Labute approximate surface area is 123 Å². The van der Waals surface area contributed by atoms with E-state index in [1.807, 2.05) is 0 Å². The Morgan fingerprint density at radius 2 is 1.90 bits per heavy atom. The molecule has 1 heterocycles. The zero-order valence-electron chi connectivity index (χ0n) is 12.9. The number of rotatable bonds is 4. The summed E-state index contributed by atoms with van der Waals surface area (Å²) >= 11 is 0. The fourth-order valence-electron chi connectivity index (χ4n) is 4.05. The van der Waals surface area contributed by atoms with Crippen molar-refractivity contribution in [2.45, 2.75) is 70.5 Å². The summed E-state index contributed by atoms with van der Waals surface area (Å²) in [6.07, 6.45) is 7.85. The van der Waals surface area contributed by atoms with E-state index < -0.39 is 0 Å². The Kier molecular flexibility index (Phi) is 4.30. The smallest absolute Gasteiger partial charge is 0.0404 e. The lowest BCUT2D eigenvalue weighted by atomic mass is 9.89. The first-order valence-electron chi connectivity index (χ1n) is 8.39. The summed E-state index contributed by atoms with van der Waals surface area (Å²) in [5.74, 6) is 0. The summed E-state index contributed by atoms with van der Waals surface area (Å²) < 4.78 is 0. The van der Waals surface area contributed by atoms with Gasteiger partial charge in [-0.05, 0) is 63.6 Å². The fraction of sp³-hybridized carbons (Fsp3) is 0.667. The number of nitrogens with one attached hydrogen (secondary N) is 1. The van der Waals surface area contributed by atoms with Crippen LogP contribution in [0, 0.1) is 0 Å². The molecule has 3 rings (SSSR count). The number of nitrogens with zero attached hydrogens (tertiary/aromatic N) is 1. The third-order valence-electron chi connectivity index (χ3n) is 5.03. The third kappa shape index (κ3) is 2.71. The predicted octanol–water partition coefficient (Wildman–Crippen LogP) is 3.75. The van der Waals surface area contributed by atoms with E-state index in [0.717, 1.165) is 12.1 Å². The van der Waals surface area contributed by atoms with E-state index in [2.05, 4.69) is 48.3 Å². The highest BCUT2D eigenvalue weighted by Crippen LogP contribution is 2.37. The molecule has 0 amide bonds. The van der Waals surface area contributed by atoms with Crippen LogP contribution in [0.4, 0.5) is 5.69 Å². The van der Waals surface area contributed by atoms with Crippen LogP contribution in [0.3, 0.4) is 0 Å². The second-order valence-corrected chi connectivity index (χ2v) is 6.55. The molecule has 1 aliphatic heterocycles.